The molecule has 2 aromatic carbocycles. The van der Waals surface area contributed by atoms with Gasteiger partial charge in [0.1, 0.15) is 0 Å². The summed E-state index contributed by atoms with van der Waals surface area (Å²) in [6.45, 7) is -0.347. The summed E-state index contributed by atoms with van der Waals surface area (Å²) in [5.74, 6) is -1.98. The Morgan fingerprint density at radius 2 is 1.67 bits per heavy atom. The number of allylic oxidation sites excluding steroid dienone is 2. The minimum Gasteiger partial charge on any atom is -0.343 e. The second-order valence-corrected chi connectivity index (χ2v) is 5.31. The minimum absolute atomic E-state index is 0.347. The molecule has 0 fully saturated rings. The second kappa shape index (κ2) is 6.11. The molecule has 6 heteroatoms. The van der Waals surface area contributed by atoms with Crippen LogP contribution in [0.3, 0.4) is 0 Å². The number of rotatable bonds is 2. The molecule has 0 atom stereocenters. The van der Waals surface area contributed by atoms with E-state index in [1.807, 2.05) is 0 Å². The third-order valence-corrected chi connectivity index (χ3v) is 3.71. The van der Waals surface area contributed by atoms with Gasteiger partial charge in [-0.15, -0.1) is 0 Å². The van der Waals surface area contributed by atoms with Crippen LogP contribution in [0.25, 0.3) is 11.1 Å². The molecule has 3 rings (SSSR count). The van der Waals surface area contributed by atoms with Crippen LogP contribution < -0.4 is 4.90 Å². The smallest absolute Gasteiger partial charge is 0.343 e. The predicted molar refractivity (Wildman–Crippen MR) is 82.4 cm³/mol. The summed E-state index contributed by atoms with van der Waals surface area (Å²) in [5.41, 5.74) is 0.713. The van der Waals surface area contributed by atoms with E-state index in [2.05, 4.69) is 0 Å². The highest BCUT2D eigenvalue weighted by molar-refractivity contribution is 5.79. The van der Waals surface area contributed by atoms with Gasteiger partial charge in [-0.2, -0.15) is 13.2 Å². The molecule has 0 spiro atoms. The minimum atomic E-state index is -4.42. The van der Waals surface area contributed by atoms with Crippen LogP contribution in [0.2, 0.25) is 0 Å². The van der Waals surface area contributed by atoms with Crippen LogP contribution >= 0.6 is 0 Å². The van der Waals surface area contributed by atoms with E-state index in [1.165, 1.54) is 23.2 Å². The lowest BCUT2D eigenvalue weighted by Crippen LogP contribution is -2.28. The second-order valence-electron chi connectivity index (χ2n) is 5.31. The zero-order valence-corrected chi connectivity index (χ0v) is 12.3. The fourth-order valence-corrected chi connectivity index (χ4v) is 2.53. The Balaban J connectivity index is 2.00. The monoisotopic (exact) mass is 337 g/mol. The van der Waals surface area contributed by atoms with Crippen LogP contribution in [-0.2, 0) is 0 Å². The van der Waals surface area contributed by atoms with E-state index in [0.717, 1.165) is 18.2 Å². The van der Waals surface area contributed by atoms with Crippen LogP contribution in [0, 0.1) is 11.6 Å². The molecule has 1 heterocycles. The maximum Gasteiger partial charge on any atom is 0.414 e. The summed E-state index contributed by atoms with van der Waals surface area (Å²) in [6, 6.07) is 10.1. The number of alkyl halides is 3. The van der Waals surface area contributed by atoms with Crippen molar-refractivity contribution >= 4 is 5.69 Å². The lowest BCUT2D eigenvalue weighted by Gasteiger charge is -2.27. The molecule has 0 unspecified atom stereocenters. The van der Waals surface area contributed by atoms with Gasteiger partial charge in [-0.25, -0.2) is 8.78 Å². The number of hydrogen-bond donors (Lipinski definition) is 0. The van der Waals surface area contributed by atoms with Crippen molar-refractivity contribution in [1.29, 1.82) is 0 Å². The Hall–Kier alpha value is -2.63. The van der Waals surface area contributed by atoms with Crippen molar-refractivity contribution in [3.05, 3.63) is 78.0 Å². The summed E-state index contributed by atoms with van der Waals surface area (Å²) < 4.78 is 65.4. The number of benzene rings is 2. The van der Waals surface area contributed by atoms with E-state index < -0.39 is 23.4 Å². The molecule has 124 valence electrons. The van der Waals surface area contributed by atoms with Crippen molar-refractivity contribution in [2.24, 2.45) is 0 Å². The maximum atomic E-state index is 13.5. The van der Waals surface area contributed by atoms with Crippen LogP contribution in [0.1, 0.15) is 0 Å². The number of anilines is 1. The quantitative estimate of drug-likeness (QED) is 0.658. The first kappa shape index (κ1) is 16.2. The Morgan fingerprint density at radius 3 is 2.38 bits per heavy atom. The fraction of sp³-hybridized carbons (Fsp3) is 0.111. The van der Waals surface area contributed by atoms with Crippen molar-refractivity contribution in [2.45, 2.75) is 6.18 Å². The van der Waals surface area contributed by atoms with Crippen molar-refractivity contribution in [2.75, 3.05) is 11.4 Å². The molecule has 1 nitrogen and oxygen atoms in total. The fourth-order valence-electron chi connectivity index (χ4n) is 2.53. The molecule has 2 aromatic rings. The van der Waals surface area contributed by atoms with Gasteiger partial charge < -0.3 is 4.90 Å². The molecular formula is C18H12F5N. The predicted octanol–water partition coefficient (Wildman–Crippen LogP) is 5.45. The molecule has 0 N–H and O–H groups in total. The average Bonchev–Trinajstić information content (AvgIpc) is 2.57. The molecule has 0 saturated carbocycles. The van der Waals surface area contributed by atoms with Crippen molar-refractivity contribution in [3.8, 4) is 11.1 Å². The van der Waals surface area contributed by atoms with Crippen LogP contribution in [0.4, 0.5) is 27.6 Å². The molecule has 1 aliphatic rings. The van der Waals surface area contributed by atoms with Gasteiger partial charge in [0.2, 0.25) is 0 Å². The lowest BCUT2D eigenvalue weighted by atomic mass is 10.0. The zero-order chi connectivity index (χ0) is 17.3. The highest BCUT2D eigenvalue weighted by atomic mass is 19.4. The van der Waals surface area contributed by atoms with E-state index in [4.69, 9.17) is 0 Å². The van der Waals surface area contributed by atoms with E-state index in [-0.39, 0.29) is 6.54 Å². The van der Waals surface area contributed by atoms with Crippen molar-refractivity contribution in [1.82, 2.24) is 0 Å². The molecule has 0 aliphatic carbocycles. The molecule has 1 aliphatic heterocycles. The summed E-state index contributed by atoms with van der Waals surface area (Å²) in [7, 11) is 0. The normalized spacial score (nSPS) is 14.7. The highest BCUT2D eigenvalue weighted by Crippen LogP contribution is 2.35. The van der Waals surface area contributed by atoms with Gasteiger partial charge in [-0.3, -0.25) is 0 Å². The zero-order valence-electron chi connectivity index (χ0n) is 12.3. The number of nitrogens with zero attached hydrogens (tertiary/aromatic N) is 1. The summed E-state index contributed by atoms with van der Waals surface area (Å²) in [6.07, 6.45) is -0.557. The Morgan fingerprint density at radius 1 is 0.917 bits per heavy atom. The molecule has 0 aromatic heterocycles. The van der Waals surface area contributed by atoms with Gasteiger partial charge in [-0.1, -0.05) is 30.3 Å². The first-order valence-corrected chi connectivity index (χ1v) is 7.12. The largest absolute Gasteiger partial charge is 0.414 e. The topological polar surface area (TPSA) is 3.24 Å². The Labute approximate surface area is 135 Å². The third-order valence-electron chi connectivity index (χ3n) is 3.71. The number of para-hydroxylation sites is 1. The standard InChI is InChI=1S/C18H12F5N/c19-15-8-7-12(10-16(15)20)14-5-1-2-6-17(14)24-9-3-4-13(11-24)18(21,22)23/h1-10H,11H2. The molecule has 0 saturated heterocycles. The molecule has 0 amide bonds. The first-order valence-electron chi connectivity index (χ1n) is 7.12. The summed E-state index contributed by atoms with van der Waals surface area (Å²) in [4.78, 5) is 1.43. The summed E-state index contributed by atoms with van der Waals surface area (Å²) in [5, 5.41) is 0. The third kappa shape index (κ3) is 3.18. The van der Waals surface area contributed by atoms with Gasteiger partial charge in [0.05, 0.1) is 12.1 Å². The molecule has 0 radical (unpaired) electrons. The van der Waals surface area contributed by atoms with Gasteiger partial charge in [-0.05, 0) is 29.8 Å². The SMILES string of the molecule is Fc1ccc(-c2ccccc2N2C=CC=C(C(F)(F)F)C2)cc1F. The van der Waals surface area contributed by atoms with Crippen LogP contribution in [0.5, 0.6) is 0 Å². The molecule has 24 heavy (non-hydrogen) atoms. The lowest BCUT2D eigenvalue weighted by molar-refractivity contribution is -0.0923. The summed E-state index contributed by atoms with van der Waals surface area (Å²) >= 11 is 0. The first-order chi connectivity index (χ1) is 11.4. The van der Waals surface area contributed by atoms with E-state index in [1.54, 1.807) is 24.3 Å². The van der Waals surface area contributed by atoms with Gasteiger partial charge >= 0.3 is 6.18 Å². The van der Waals surface area contributed by atoms with Gasteiger partial charge in [0.15, 0.2) is 11.6 Å². The number of hydrogen-bond acceptors (Lipinski definition) is 1. The molecule has 0 bridgehead atoms. The van der Waals surface area contributed by atoms with Crippen molar-refractivity contribution < 1.29 is 22.0 Å². The van der Waals surface area contributed by atoms with E-state index >= 15 is 0 Å². The number of halogens is 5. The maximum absolute atomic E-state index is 13.5. The highest BCUT2D eigenvalue weighted by Gasteiger charge is 2.35. The van der Waals surface area contributed by atoms with E-state index in [0.29, 0.717) is 16.8 Å². The van der Waals surface area contributed by atoms with Gasteiger partial charge in [0.25, 0.3) is 0 Å². The van der Waals surface area contributed by atoms with Crippen molar-refractivity contribution in [3.63, 3.8) is 0 Å². The van der Waals surface area contributed by atoms with Crippen LogP contribution in [0.15, 0.2) is 66.4 Å². The molecular weight excluding hydrogens is 325 g/mol. The Bertz CT molecular complexity index is 820. The van der Waals surface area contributed by atoms with E-state index in [9.17, 15) is 22.0 Å². The Kier molecular flexibility index (Phi) is 4.13. The van der Waals surface area contributed by atoms with Crippen LogP contribution in [-0.4, -0.2) is 12.7 Å². The van der Waals surface area contributed by atoms with Gasteiger partial charge in [0, 0.05) is 17.5 Å². The average molecular weight is 337 g/mol.